The van der Waals surface area contributed by atoms with Crippen molar-refractivity contribution in [1.82, 2.24) is 0 Å². The third-order valence-electron chi connectivity index (χ3n) is 11.1. The van der Waals surface area contributed by atoms with Crippen LogP contribution in [-0.4, -0.2) is 3.21 Å². The molecular weight excluding hydrogens is 655 g/mol. The van der Waals surface area contributed by atoms with Crippen molar-refractivity contribution in [2.45, 2.75) is 119 Å². The summed E-state index contributed by atoms with van der Waals surface area (Å²) in [6, 6.07) is 14.7. The number of rotatable bonds is 2. The van der Waals surface area contributed by atoms with Gasteiger partial charge in [-0.2, -0.15) is 0 Å². The summed E-state index contributed by atoms with van der Waals surface area (Å²) in [5.74, 6) is 3.46. The van der Waals surface area contributed by atoms with Gasteiger partial charge in [0.1, 0.15) is 0 Å². The molecule has 3 aromatic rings. The summed E-state index contributed by atoms with van der Waals surface area (Å²) in [5, 5.41) is 5.63. The summed E-state index contributed by atoms with van der Waals surface area (Å²) in [6.45, 7) is 23.4. The van der Waals surface area contributed by atoms with Gasteiger partial charge in [-0.05, 0) is 102 Å². The molecule has 4 bridgehead atoms. The van der Waals surface area contributed by atoms with E-state index in [1.807, 2.05) is 0 Å². The van der Waals surface area contributed by atoms with Crippen LogP contribution < -0.4 is 24.8 Å². The maximum Gasteiger partial charge on any atom is -1.00 e. The fraction of sp³-hybridized carbons (Fsp3) is 0.561. The van der Waals surface area contributed by atoms with Crippen molar-refractivity contribution < 1.29 is 49.0 Å². The van der Waals surface area contributed by atoms with Crippen LogP contribution in [0, 0.1) is 29.1 Å². The van der Waals surface area contributed by atoms with Crippen molar-refractivity contribution in [3.8, 4) is 0 Å². The Kier molecular flexibility index (Phi) is 10.3. The third-order valence-corrected chi connectivity index (χ3v) is 11.1. The molecule has 4 saturated carbocycles. The summed E-state index contributed by atoms with van der Waals surface area (Å²) < 4.78 is 1.51. The average Bonchev–Trinajstić information content (AvgIpc) is 3.36. The summed E-state index contributed by atoms with van der Waals surface area (Å²) in [5.41, 5.74) is 10.2. The fourth-order valence-electron chi connectivity index (χ4n) is 9.78. The molecule has 0 N–H and O–H groups in total. The molecule has 44 heavy (non-hydrogen) atoms. The van der Waals surface area contributed by atoms with E-state index in [1.54, 1.807) is 41.0 Å². The van der Waals surface area contributed by atoms with E-state index in [4.69, 9.17) is 0 Å². The second-order valence-corrected chi connectivity index (χ2v) is 19.5. The summed E-state index contributed by atoms with van der Waals surface area (Å²) in [4.78, 5) is 0. The van der Waals surface area contributed by atoms with Gasteiger partial charge in [0.05, 0.1) is 0 Å². The van der Waals surface area contributed by atoms with Crippen LogP contribution in [-0.2, 0) is 35.1 Å². The summed E-state index contributed by atoms with van der Waals surface area (Å²) in [7, 11) is 0. The molecule has 1 unspecified atom stereocenters. The molecule has 1 atom stereocenters. The second-order valence-electron chi connectivity index (χ2n) is 17.0. The minimum atomic E-state index is 0. The van der Waals surface area contributed by atoms with Crippen LogP contribution in [0.1, 0.15) is 124 Å². The van der Waals surface area contributed by atoms with Gasteiger partial charge in [0.15, 0.2) is 0 Å². The van der Waals surface area contributed by atoms with Gasteiger partial charge in [-0.3, -0.25) is 0 Å². The Morgan fingerprint density at radius 1 is 0.795 bits per heavy atom. The predicted octanol–water partition coefficient (Wildman–Crippen LogP) is 5.63. The standard InChI is InChI=1S/C38H47.C3H6.2ClH.Zr/c1-22-11-33(38-19-24-12-25(20-38)14-26(13-24)21-38)23(2)35(22)32-18-31-28(17-34(32)37(6,7)8)15-27-16-29(36(3,4)5)9-10-30(27)31;1-3-2;;;/h9-11,15-18,22,24-26H,12-14,19-21H2,1-8H3;1-2H3;2*1H;/q-1;;;;+2/p-2. The van der Waals surface area contributed by atoms with E-state index in [2.05, 4.69) is 112 Å². The molecule has 8 rings (SSSR count). The number of hydrogen-bond donors (Lipinski definition) is 0. The van der Waals surface area contributed by atoms with E-state index in [9.17, 15) is 0 Å². The van der Waals surface area contributed by atoms with Crippen molar-refractivity contribution in [2.75, 3.05) is 0 Å². The SMILES string of the molecule is CC1=C(c2cc3c(cc2C(C)(C)C)[cH-]c2cc(C(C)(C)C)ccc23)C(C)C=C1C12CC3CC(CC(C3)C1)C2.C[C](C)=[Zr+2].[Cl-].[Cl-]. The van der Waals surface area contributed by atoms with Gasteiger partial charge in [0, 0.05) is 5.92 Å². The molecule has 0 nitrogen and oxygen atoms in total. The molecule has 0 aromatic heterocycles. The zero-order valence-corrected chi connectivity index (χ0v) is 32.8. The van der Waals surface area contributed by atoms with Crippen LogP contribution in [0.15, 0.2) is 53.6 Å². The monoisotopic (exact) mass is 705 g/mol. The third kappa shape index (κ3) is 6.47. The molecule has 3 heteroatoms. The van der Waals surface area contributed by atoms with E-state index in [1.165, 1.54) is 80.0 Å². The topological polar surface area (TPSA) is 0 Å². The first-order valence-electron chi connectivity index (χ1n) is 16.7. The predicted molar refractivity (Wildman–Crippen MR) is 181 cm³/mol. The molecule has 0 aliphatic heterocycles. The molecular formula is C41H53Cl2Zr-. The number of fused-ring (bicyclic) bond motifs is 3. The Hall–Kier alpha value is -0.877. The van der Waals surface area contributed by atoms with E-state index < -0.39 is 0 Å². The van der Waals surface area contributed by atoms with Crippen molar-refractivity contribution in [1.29, 1.82) is 0 Å². The average molecular weight is 708 g/mol. The molecule has 0 spiro atoms. The van der Waals surface area contributed by atoms with Gasteiger partial charge in [-0.1, -0.05) is 83.9 Å². The summed E-state index contributed by atoms with van der Waals surface area (Å²) in [6.07, 6.45) is 11.6. The molecule has 0 saturated heterocycles. The Morgan fingerprint density at radius 2 is 1.32 bits per heavy atom. The Morgan fingerprint density at radius 3 is 1.82 bits per heavy atom. The van der Waals surface area contributed by atoms with E-state index >= 15 is 0 Å². The van der Waals surface area contributed by atoms with Gasteiger partial charge in [-0.15, -0.1) is 39.7 Å². The number of halogens is 2. The fourth-order valence-corrected chi connectivity index (χ4v) is 9.78. The molecule has 5 aliphatic carbocycles. The van der Waals surface area contributed by atoms with Crippen LogP contribution >= 0.6 is 0 Å². The smallest absolute Gasteiger partial charge is 1.00 e. The molecule has 0 radical (unpaired) electrons. The van der Waals surface area contributed by atoms with Crippen molar-refractivity contribution in [2.24, 2.45) is 29.1 Å². The molecule has 3 aromatic carbocycles. The minimum absolute atomic E-state index is 0. The van der Waals surface area contributed by atoms with Gasteiger partial charge in [-0.25, -0.2) is 0 Å². The van der Waals surface area contributed by atoms with Gasteiger partial charge >= 0.3 is 41.3 Å². The Balaban J connectivity index is 0.000000696. The first-order chi connectivity index (χ1) is 19.6. The number of hydrogen-bond acceptors (Lipinski definition) is 0. The molecule has 5 aliphatic rings. The van der Waals surface area contributed by atoms with Crippen LogP contribution in [0.3, 0.4) is 0 Å². The normalized spacial score (nSPS) is 27.6. The zero-order valence-electron chi connectivity index (χ0n) is 28.8. The van der Waals surface area contributed by atoms with Crippen LogP contribution in [0.25, 0.3) is 27.1 Å². The first-order valence-corrected chi connectivity index (χ1v) is 17.9. The van der Waals surface area contributed by atoms with E-state index in [0.717, 1.165) is 17.8 Å². The van der Waals surface area contributed by atoms with Crippen molar-refractivity contribution >= 4 is 30.3 Å². The maximum atomic E-state index is 2.72. The van der Waals surface area contributed by atoms with E-state index in [0.29, 0.717) is 11.3 Å². The zero-order chi connectivity index (χ0) is 30.4. The Labute approximate surface area is 295 Å². The maximum absolute atomic E-state index is 2.72. The quantitative estimate of drug-likeness (QED) is 0.304. The van der Waals surface area contributed by atoms with Gasteiger partial charge in [0.2, 0.25) is 0 Å². The first kappa shape index (κ1) is 36.0. The number of allylic oxidation sites excluding steroid dienone is 4. The van der Waals surface area contributed by atoms with Crippen molar-refractivity contribution in [3.05, 3.63) is 70.3 Å². The van der Waals surface area contributed by atoms with E-state index in [-0.39, 0.29) is 35.6 Å². The molecule has 236 valence electrons. The van der Waals surface area contributed by atoms with Gasteiger partial charge in [0.25, 0.3) is 0 Å². The van der Waals surface area contributed by atoms with Crippen LogP contribution in [0.2, 0.25) is 0 Å². The van der Waals surface area contributed by atoms with Gasteiger partial charge < -0.3 is 24.8 Å². The molecule has 0 amide bonds. The largest absolute Gasteiger partial charge is 1.00 e. The molecule has 4 fully saturated rings. The van der Waals surface area contributed by atoms with Crippen LogP contribution in [0.4, 0.5) is 0 Å². The Bertz CT molecular complexity index is 1590. The summed E-state index contributed by atoms with van der Waals surface area (Å²) >= 11 is 1.55. The number of benzene rings is 2. The minimum Gasteiger partial charge on any atom is -1.00 e. The second kappa shape index (κ2) is 12.6. The van der Waals surface area contributed by atoms with Crippen molar-refractivity contribution in [3.63, 3.8) is 0 Å². The van der Waals surface area contributed by atoms with Crippen LogP contribution in [0.5, 0.6) is 0 Å². The molecule has 0 heterocycles.